The largest absolute Gasteiger partial charge is 0.143 e. The highest BCUT2D eigenvalue weighted by atomic mass is 32.1. The minimum absolute atomic E-state index is 1.04. The van der Waals surface area contributed by atoms with Gasteiger partial charge in [0.05, 0.1) is 0 Å². The summed E-state index contributed by atoms with van der Waals surface area (Å²) in [5, 5.41) is 10.6. The second-order valence-electron chi connectivity index (χ2n) is 5.57. The third-order valence-corrected chi connectivity index (χ3v) is 4.89. The Kier molecular flexibility index (Phi) is 2.12. The van der Waals surface area contributed by atoms with Gasteiger partial charge in [-0.05, 0) is 49.2 Å². The van der Waals surface area contributed by atoms with Crippen LogP contribution in [-0.2, 0) is 0 Å². The number of benzene rings is 5. The van der Waals surface area contributed by atoms with Crippen LogP contribution in [0.15, 0.2) is 71.6 Å². The first-order valence-electron chi connectivity index (χ1n) is 7.12. The summed E-state index contributed by atoms with van der Waals surface area (Å²) >= 11 is 4.64. The summed E-state index contributed by atoms with van der Waals surface area (Å²) in [7, 11) is 0. The Morgan fingerprint density at radius 2 is 1.00 bits per heavy atom. The third-order valence-electron chi connectivity index (χ3n) is 4.50. The Hall–Kier alpha value is -2.25. The summed E-state index contributed by atoms with van der Waals surface area (Å²) in [6.07, 6.45) is 0. The van der Waals surface area contributed by atoms with Crippen LogP contribution < -0.4 is 0 Å². The first kappa shape index (κ1) is 11.4. The highest BCUT2D eigenvalue weighted by Gasteiger charge is 2.12. The van der Waals surface area contributed by atoms with E-state index in [4.69, 9.17) is 0 Å². The summed E-state index contributed by atoms with van der Waals surface area (Å²) in [6, 6.07) is 24.0. The molecule has 0 aliphatic heterocycles. The highest BCUT2D eigenvalue weighted by molar-refractivity contribution is 7.80. The normalized spacial score (nSPS) is 12.0. The standard InChI is InChI=1S/C20H12S/c21-18-11-10-16-14-7-2-5-12-4-1-6-13(19(12)14)15-8-3-9-17(18)20(15)16/h1-11,21H. The van der Waals surface area contributed by atoms with Crippen molar-refractivity contribution in [1.29, 1.82) is 0 Å². The molecular formula is C20H12S. The zero-order chi connectivity index (χ0) is 14.0. The van der Waals surface area contributed by atoms with Gasteiger partial charge in [-0.1, -0.05) is 60.7 Å². The maximum absolute atomic E-state index is 4.64. The van der Waals surface area contributed by atoms with Crippen LogP contribution in [0.2, 0.25) is 0 Å². The summed E-state index contributed by atoms with van der Waals surface area (Å²) in [5.41, 5.74) is 0. The first-order chi connectivity index (χ1) is 10.3. The lowest BCUT2D eigenvalue weighted by Crippen LogP contribution is -1.87. The molecule has 0 radical (unpaired) electrons. The van der Waals surface area contributed by atoms with Crippen LogP contribution in [0.1, 0.15) is 0 Å². The van der Waals surface area contributed by atoms with E-state index in [-0.39, 0.29) is 0 Å². The zero-order valence-corrected chi connectivity index (χ0v) is 12.2. The van der Waals surface area contributed by atoms with Gasteiger partial charge in [0.15, 0.2) is 0 Å². The van der Waals surface area contributed by atoms with Gasteiger partial charge in [0.2, 0.25) is 0 Å². The van der Waals surface area contributed by atoms with Gasteiger partial charge in [-0.3, -0.25) is 0 Å². The maximum Gasteiger partial charge on any atom is 0.0119 e. The Morgan fingerprint density at radius 1 is 0.476 bits per heavy atom. The molecule has 5 aromatic rings. The van der Waals surface area contributed by atoms with Gasteiger partial charge in [0.25, 0.3) is 0 Å². The fourth-order valence-corrected chi connectivity index (χ4v) is 3.89. The average molecular weight is 284 g/mol. The van der Waals surface area contributed by atoms with Crippen LogP contribution in [0.25, 0.3) is 43.1 Å². The van der Waals surface area contributed by atoms with E-state index in [0.29, 0.717) is 0 Å². The quantitative estimate of drug-likeness (QED) is 0.200. The Balaban J connectivity index is 2.29. The van der Waals surface area contributed by atoms with E-state index in [1.165, 1.54) is 43.1 Å². The molecule has 0 spiro atoms. The second kappa shape index (κ2) is 3.90. The zero-order valence-electron chi connectivity index (χ0n) is 11.3. The van der Waals surface area contributed by atoms with E-state index >= 15 is 0 Å². The molecule has 0 aliphatic rings. The van der Waals surface area contributed by atoms with Crippen LogP contribution in [0, 0.1) is 0 Å². The molecular weight excluding hydrogens is 272 g/mol. The molecule has 0 bridgehead atoms. The number of rotatable bonds is 0. The Bertz CT molecular complexity index is 1090. The van der Waals surface area contributed by atoms with Crippen LogP contribution >= 0.6 is 12.6 Å². The summed E-state index contributed by atoms with van der Waals surface area (Å²) in [4.78, 5) is 1.04. The lowest BCUT2D eigenvalue weighted by Gasteiger charge is -2.14. The van der Waals surface area contributed by atoms with Crippen molar-refractivity contribution in [3.05, 3.63) is 66.7 Å². The van der Waals surface area contributed by atoms with Crippen LogP contribution in [-0.4, -0.2) is 0 Å². The predicted octanol–water partition coefficient (Wildman–Crippen LogP) is 6.03. The lowest BCUT2D eigenvalue weighted by molar-refractivity contribution is 1.59. The summed E-state index contributed by atoms with van der Waals surface area (Å²) in [6.45, 7) is 0. The van der Waals surface area contributed by atoms with E-state index in [9.17, 15) is 0 Å². The van der Waals surface area contributed by atoms with Crippen LogP contribution in [0.3, 0.4) is 0 Å². The molecule has 0 heterocycles. The Labute approximate surface area is 127 Å². The molecule has 0 fully saturated rings. The molecule has 0 saturated heterocycles. The molecule has 0 atom stereocenters. The minimum atomic E-state index is 1.04. The fraction of sp³-hybridized carbons (Fsp3) is 0. The average Bonchev–Trinajstić information content (AvgIpc) is 2.54. The fourth-order valence-electron chi connectivity index (χ4n) is 3.63. The number of thiol groups is 1. The van der Waals surface area contributed by atoms with Gasteiger partial charge in [0, 0.05) is 4.90 Å². The van der Waals surface area contributed by atoms with E-state index in [1.807, 2.05) is 0 Å². The van der Waals surface area contributed by atoms with E-state index < -0.39 is 0 Å². The molecule has 5 aromatic carbocycles. The molecule has 0 saturated carbocycles. The van der Waals surface area contributed by atoms with Crippen molar-refractivity contribution in [1.82, 2.24) is 0 Å². The SMILES string of the molecule is Sc1ccc2c3cccc4cccc(c5cccc1c52)c43. The highest BCUT2D eigenvalue weighted by Crippen LogP contribution is 2.41. The van der Waals surface area contributed by atoms with Crippen molar-refractivity contribution in [2.24, 2.45) is 0 Å². The molecule has 21 heavy (non-hydrogen) atoms. The molecule has 0 N–H and O–H groups in total. The second-order valence-corrected chi connectivity index (χ2v) is 6.05. The van der Waals surface area contributed by atoms with Gasteiger partial charge in [-0.2, -0.15) is 0 Å². The maximum atomic E-state index is 4.64. The lowest BCUT2D eigenvalue weighted by atomic mass is 9.90. The molecule has 5 rings (SSSR count). The monoisotopic (exact) mass is 284 g/mol. The first-order valence-corrected chi connectivity index (χ1v) is 7.56. The van der Waals surface area contributed by atoms with Crippen LogP contribution in [0.4, 0.5) is 0 Å². The minimum Gasteiger partial charge on any atom is -0.143 e. The van der Waals surface area contributed by atoms with E-state index in [2.05, 4.69) is 79.4 Å². The van der Waals surface area contributed by atoms with Gasteiger partial charge < -0.3 is 0 Å². The molecule has 0 aliphatic carbocycles. The van der Waals surface area contributed by atoms with Gasteiger partial charge >= 0.3 is 0 Å². The van der Waals surface area contributed by atoms with Gasteiger partial charge in [-0.25, -0.2) is 0 Å². The van der Waals surface area contributed by atoms with E-state index in [1.54, 1.807) is 0 Å². The summed E-state index contributed by atoms with van der Waals surface area (Å²) < 4.78 is 0. The van der Waals surface area contributed by atoms with Crippen molar-refractivity contribution in [2.45, 2.75) is 4.90 Å². The van der Waals surface area contributed by atoms with Crippen molar-refractivity contribution in [2.75, 3.05) is 0 Å². The number of fused-ring (bicyclic) bond motifs is 2. The molecule has 0 aromatic heterocycles. The molecule has 98 valence electrons. The predicted molar refractivity (Wildman–Crippen MR) is 94.9 cm³/mol. The van der Waals surface area contributed by atoms with Crippen molar-refractivity contribution in [3.63, 3.8) is 0 Å². The van der Waals surface area contributed by atoms with Crippen LogP contribution in [0.5, 0.6) is 0 Å². The smallest absolute Gasteiger partial charge is 0.0119 e. The molecule has 0 nitrogen and oxygen atoms in total. The topological polar surface area (TPSA) is 0 Å². The van der Waals surface area contributed by atoms with Crippen molar-refractivity contribution in [3.8, 4) is 0 Å². The molecule has 0 unspecified atom stereocenters. The molecule has 1 heteroatoms. The Morgan fingerprint density at radius 3 is 1.71 bits per heavy atom. The van der Waals surface area contributed by atoms with Gasteiger partial charge in [-0.15, -0.1) is 12.6 Å². The third kappa shape index (κ3) is 1.37. The number of hydrogen-bond donors (Lipinski definition) is 1. The number of hydrogen-bond acceptors (Lipinski definition) is 1. The van der Waals surface area contributed by atoms with Crippen molar-refractivity contribution >= 4 is 55.7 Å². The van der Waals surface area contributed by atoms with E-state index in [0.717, 1.165) is 4.90 Å². The van der Waals surface area contributed by atoms with Gasteiger partial charge in [0.1, 0.15) is 0 Å². The van der Waals surface area contributed by atoms with Crippen molar-refractivity contribution < 1.29 is 0 Å². The molecule has 0 amide bonds. The summed E-state index contributed by atoms with van der Waals surface area (Å²) in [5.74, 6) is 0.